The normalized spacial score (nSPS) is 15.2. The van der Waals surface area contributed by atoms with E-state index in [1.165, 1.54) is 42.2 Å². The van der Waals surface area contributed by atoms with Crippen LogP contribution in [0.5, 0.6) is 0 Å². The summed E-state index contributed by atoms with van der Waals surface area (Å²) < 4.78 is 20.1. The summed E-state index contributed by atoms with van der Waals surface area (Å²) in [6.45, 7) is 5.79. The lowest BCUT2D eigenvalue weighted by Gasteiger charge is -2.30. The second-order valence-electron chi connectivity index (χ2n) is 10.5. The van der Waals surface area contributed by atoms with Crippen LogP contribution in [0.3, 0.4) is 0 Å². The Hall–Kier alpha value is -4.05. The van der Waals surface area contributed by atoms with Crippen molar-refractivity contribution in [2.75, 3.05) is 13.2 Å². The number of thiophene rings is 1. The number of amides is 1. The van der Waals surface area contributed by atoms with Crippen LogP contribution in [-0.2, 0) is 32.8 Å². The minimum Gasteiger partial charge on any atom is -0.444 e. The molecule has 5 rings (SSSR count). The Labute approximate surface area is 239 Å². The van der Waals surface area contributed by atoms with Crippen LogP contribution in [0, 0.1) is 18.3 Å². The molecular formula is C29H31N5O6S. The van der Waals surface area contributed by atoms with Crippen LogP contribution in [0.1, 0.15) is 49.5 Å². The Morgan fingerprint density at radius 2 is 2.02 bits per heavy atom. The third-order valence-corrected chi connectivity index (χ3v) is 8.85. The van der Waals surface area contributed by atoms with Gasteiger partial charge in [0, 0.05) is 13.2 Å². The molecule has 1 saturated heterocycles. The topological polar surface area (TPSA) is 155 Å². The average molecular weight is 578 g/mol. The second kappa shape index (κ2) is 11.4. The average Bonchev–Trinajstić information content (AvgIpc) is 3.59. The van der Waals surface area contributed by atoms with Crippen LogP contribution in [0.2, 0.25) is 0 Å². The van der Waals surface area contributed by atoms with E-state index in [0.29, 0.717) is 47.2 Å². The van der Waals surface area contributed by atoms with E-state index >= 15 is 0 Å². The van der Waals surface area contributed by atoms with Gasteiger partial charge in [-0.2, -0.15) is 5.26 Å². The van der Waals surface area contributed by atoms with Crippen molar-refractivity contribution in [2.24, 2.45) is 5.73 Å². The number of fused-ring (bicyclic) bond motifs is 1. The summed E-state index contributed by atoms with van der Waals surface area (Å²) in [6, 6.07) is 9.68. The zero-order valence-electron chi connectivity index (χ0n) is 23.1. The van der Waals surface area contributed by atoms with Gasteiger partial charge in [-0.1, -0.05) is 24.3 Å². The van der Waals surface area contributed by atoms with Gasteiger partial charge in [0.2, 0.25) is 11.8 Å². The molecule has 4 aromatic rings. The van der Waals surface area contributed by atoms with Gasteiger partial charge in [-0.25, -0.2) is 14.3 Å². The molecule has 1 fully saturated rings. The molecule has 0 saturated carbocycles. The van der Waals surface area contributed by atoms with E-state index in [1.54, 1.807) is 6.92 Å². The van der Waals surface area contributed by atoms with Crippen molar-refractivity contribution in [3.8, 4) is 16.8 Å². The highest BCUT2D eigenvalue weighted by atomic mass is 32.1. The lowest BCUT2D eigenvalue weighted by atomic mass is 9.99. The third kappa shape index (κ3) is 5.24. The number of primary amides is 1. The number of hydrogen-bond donors (Lipinski definition) is 1. The molecule has 0 spiro atoms. The first-order chi connectivity index (χ1) is 19.6. The first-order valence-electron chi connectivity index (χ1n) is 13.3. The monoisotopic (exact) mass is 577 g/mol. The molecule has 11 nitrogen and oxygen atoms in total. The Kier molecular flexibility index (Phi) is 7.95. The molecule has 1 atom stereocenters. The SMILES string of the molecule is Cc1c(-c2ncco2)sc2c1c(=O)n(C(C)(C)C(N)=O)c(=O)n2C[C@@H](OC1CCOCC1)c1ccccc1CC#N. The van der Waals surface area contributed by atoms with Crippen LogP contribution in [0.4, 0.5) is 0 Å². The lowest BCUT2D eigenvalue weighted by Crippen LogP contribution is -2.54. The number of aromatic nitrogens is 3. The second-order valence-corrected chi connectivity index (χ2v) is 11.5. The molecule has 41 heavy (non-hydrogen) atoms. The lowest BCUT2D eigenvalue weighted by molar-refractivity contribution is -0.125. The largest absolute Gasteiger partial charge is 0.444 e. The van der Waals surface area contributed by atoms with Gasteiger partial charge in [0.05, 0.1) is 41.6 Å². The van der Waals surface area contributed by atoms with Crippen LogP contribution < -0.4 is 17.0 Å². The summed E-state index contributed by atoms with van der Waals surface area (Å²) in [4.78, 5) is 45.8. The van der Waals surface area contributed by atoms with Crippen LogP contribution in [0.25, 0.3) is 21.0 Å². The zero-order valence-corrected chi connectivity index (χ0v) is 23.9. The molecule has 4 heterocycles. The van der Waals surface area contributed by atoms with Gasteiger partial charge in [-0.05, 0) is 50.3 Å². The Bertz CT molecular complexity index is 1740. The third-order valence-electron chi connectivity index (χ3n) is 7.55. The van der Waals surface area contributed by atoms with Gasteiger partial charge in [-0.3, -0.25) is 14.2 Å². The van der Waals surface area contributed by atoms with Crippen LogP contribution in [-0.4, -0.2) is 39.3 Å². The van der Waals surface area contributed by atoms with Crippen molar-refractivity contribution in [1.82, 2.24) is 14.1 Å². The minimum atomic E-state index is -1.61. The highest BCUT2D eigenvalue weighted by Crippen LogP contribution is 2.37. The molecule has 1 aliphatic heterocycles. The van der Waals surface area contributed by atoms with E-state index in [2.05, 4.69) is 11.1 Å². The van der Waals surface area contributed by atoms with Crippen molar-refractivity contribution in [2.45, 2.75) is 64.3 Å². The number of oxazole rings is 1. The number of carbonyl (C=O) groups excluding carboxylic acids is 1. The molecule has 2 N–H and O–H groups in total. The molecule has 0 bridgehead atoms. The van der Waals surface area contributed by atoms with Gasteiger partial charge >= 0.3 is 5.69 Å². The summed E-state index contributed by atoms with van der Waals surface area (Å²) in [6.07, 6.45) is 3.70. The number of rotatable bonds is 9. The maximum Gasteiger partial charge on any atom is 0.333 e. The van der Waals surface area contributed by atoms with Gasteiger partial charge in [0.1, 0.15) is 22.7 Å². The Balaban J connectivity index is 1.76. The van der Waals surface area contributed by atoms with Crippen LogP contribution >= 0.6 is 11.3 Å². The number of benzene rings is 1. The predicted octanol–water partition coefficient (Wildman–Crippen LogP) is 3.41. The molecule has 0 aliphatic carbocycles. The summed E-state index contributed by atoms with van der Waals surface area (Å²) in [5, 5.41) is 9.77. The predicted molar refractivity (Wildman–Crippen MR) is 153 cm³/mol. The molecule has 0 radical (unpaired) electrons. The van der Waals surface area contributed by atoms with Gasteiger partial charge in [0.25, 0.3) is 5.56 Å². The zero-order chi connectivity index (χ0) is 29.3. The van der Waals surface area contributed by atoms with Crippen LogP contribution in [0.15, 0.2) is 50.7 Å². The van der Waals surface area contributed by atoms with Crippen molar-refractivity contribution < 1.29 is 18.7 Å². The van der Waals surface area contributed by atoms with Gasteiger partial charge in [0.15, 0.2) is 0 Å². The van der Waals surface area contributed by atoms with Crippen molar-refractivity contribution in [3.05, 3.63) is 74.3 Å². The van der Waals surface area contributed by atoms with E-state index in [4.69, 9.17) is 19.6 Å². The number of aryl methyl sites for hydroxylation is 1. The molecular weight excluding hydrogens is 546 g/mol. The minimum absolute atomic E-state index is 0.0230. The summed E-state index contributed by atoms with van der Waals surface area (Å²) in [5.74, 6) is -0.505. The molecule has 214 valence electrons. The molecule has 1 aliphatic rings. The number of carbonyl (C=O) groups is 1. The maximum atomic E-state index is 14.2. The van der Waals surface area contributed by atoms with E-state index in [-0.39, 0.29) is 24.5 Å². The Morgan fingerprint density at radius 3 is 2.68 bits per heavy atom. The highest BCUT2D eigenvalue weighted by molar-refractivity contribution is 7.22. The maximum absolute atomic E-state index is 14.2. The van der Waals surface area contributed by atoms with E-state index in [0.717, 1.165) is 15.7 Å². The first kappa shape index (κ1) is 28.5. The number of nitrogens with two attached hydrogens (primary N) is 1. The molecule has 3 aromatic heterocycles. The summed E-state index contributed by atoms with van der Waals surface area (Å²) >= 11 is 1.21. The van der Waals surface area contributed by atoms with E-state index in [9.17, 15) is 19.6 Å². The smallest absolute Gasteiger partial charge is 0.333 e. The molecule has 12 heteroatoms. The summed E-state index contributed by atoms with van der Waals surface area (Å²) in [5.41, 5.74) is 4.89. The molecule has 1 aromatic carbocycles. The number of nitriles is 1. The standard InChI is InChI=1S/C29H31N5O6S/c1-17-22-25(35)34(29(2,3)27(31)36)28(37)33(26(22)41-23(17)24-32-12-15-39-24)16-21(40-19-9-13-38-14-10-19)20-7-5-4-6-18(20)8-11-30/h4-7,12,15,19,21H,8-10,13-14,16H2,1-3H3,(H2,31,36)/t21-/m1/s1. The fourth-order valence-electron chi connectivity index (χ4n) is 5.17. The highest BCUT2D eigenvalue weighted by Gasteiger charge is 2.35. The fourth-order valence-corrected chi connectivity index (χ4v) is 6.41. The van der Waals surface area contributed by atoms with Crippen molar-refractivity contribution in [3.63, 3.8) is 0 Å². The molecule has 1 amide bonds. The van der Waals surface area contributed by atoms with Crippen molar-refractivity contribution >= 4 is 27.5 Å². The molecule has 0 unspecified atom stereocenters. The van der Waals surface area contributed by atoms with Crippen molar-refractivity contribution in [1.29, 1.82) is 5.26 Å². The van der Waals surface area contributed by atoms with Gasteiger partial charge in [-0.15, -0.1) is 11.3 Å². The number of hydrogen-bond acceptors (Lipinski definition) is 9. The fraction of sp³-hybridized carbons (Fsp3) is 0.414. The Morgan fingerprint density at radius 1 is 1.29 bits per heavy atom. The number of nitrogens with zero attached hydrogens (tertiary/aromatic N) is 4. The quantitative estimate of drug-likeness (QED) is 0.317. The van der Waals surface area contributed by atoms with E-state index < -0.39 is 28.8 Å². The summed E-state index contributed by atoms with van der Waals surface area (Å²) in [7, 11) is 0. The van der Waals surface area contributed by atoms with E-state index in [1.807, 2.05) is 24.3 Å². The van der Waals surface area contributed by atoms with Gasteiger partial charge < -0.3 is 19.6 Å². The first-order valence-corrected chi connectivity index (χ1v) is 14.1. The number of ether oxygens (including phenoxy) is 2.